The number of carbonyl (C=O) groups is 1. The van der Waals surface area contributed by atoms with E-state index in [4.69, 9.17) is 5.11 Å². The summed E-state index contributed by atoms with van der Waals surface area (Å²) in [7, 11) is -3.68. The number of hydrogen-bond acceptors (Lipinski definition) is 3. The van der Waals surface area contributed by atoms with Crippen LogP contribution in [0.25, 0.3) is 0 Å². The van der Waals surface area contributed by atoms with E-state index in [1.165, 1.54) is 0 Å². The van der Waals surface area contributed by atoms with Crippen molar-refractivity contribution in [1.29, 1.82) is 0 Å². The fraction of sp³-hybridized carbons (Fsp3) is 0.500. The Hall–Kier alpha value is -1.40. The summed E-state index contributed by atoms with van der Waals surface area (Å²) in [4.78, 5) is 11.0. The molecule has 1 unspecified atom stereocenters. The molecule has 6 heteroatoms. The van der Waals surface area contributed by atoms with Gasteiger partial charge in [-0.15, -0.1) is 0 Å². The van der Waals surface area contributed by atoms with E-state index in [2.05, 4.69) is 4.72 Å². The van der Waals surface area contributed by atoms with Gasteiger partial charge in [-0.25, -0.2) is 13.1 Å². The normalized spacial score (nSPS) is 13.4. The molecule has 0 aliphatic rings. The van der Waals surface area contributed by atoms with Crippen LogP contribution in [-0.4, -0.2) is 25.5 Å². The third kappa shape index (κ3) is 4.61. The van der Waals surface area contributed by atoms with Gasteiger partial charge in [0.1, 0.15) is 6.04 Å². The molecule has 0 saturated carbocycles. The SMILES string of the molecule is Cc1ccc(CS(=O)(=O)NC(C(=O)O)C(C)C)cc1C. The number of aliphatic carboxylic acids is 1. The highest BCUT2D eigenvalue weighted by molar-refractivity contribution is 7.88. The van der Waals surface area contributed by atoms with E-state index in [1.807, 2.05) is 19.9 Å². The molecule has 2 N–H and O–H groups in total. The lowest BCUT2D eigenvalue weighted by molar-refractivity contribution is -0.140. The number of hydrogen-bond donors (Lipinski definition) is 2. The molecule has 0 aromatic heterocycles. The molecular weight excluding hydrogens is 278 g/mol. The summed E-state index contributed by atoms with van der Waals surface area (Å²) in [5, 5.41) is 9.03. The average Bonchev–Trinajstić information content (AvgIpc) is 2.30. The highest BCUT2D eigenvalue weighted by atomic mass is 32.2. The standard InChI is InChI=1S/C14H21NO4S/c1-9(2)13(14(16)17)15-20(18,19)8-12-6-5-10(3)11(4)7-12/h5-7,9,13,15H,8H2,1-4H3,(H,16,17). The van der Waals surface area contributed by atoms with Crippen LogP contribution in [0.5, 0.6) is 0 Å². The Bertz CT molecular complexity index is 593. The van der Waals surface area contributed by atoms with Gasteiger partial charge in [-0.05, 0) is 36.5 Å². The van der Waals surface area contributed by atoms with Crippen LogP contribution in [0.2, 0.25) is 0 Å². The minimum Gasteiger partial charge on any atom is -0.480 e. The van der Waals surface area contributed by atoms with E-state index in [1.54, 1.807) is 26.0 Å². The molecule has 0 amide bonds. The molecule has 1 rings (SSSR count). The molecule has 0 radical (unpaired) electrons. The molecule has 1 atom stereocenters. The minimum absolute atomic E-state index is 0.218. The number of rotatable bonds is 6. The van der Waals surface area contributed by atoms with Gasteiger partial charge in [0.05, 0.1) is 5.75 Å². The molecule has 0 bridgehead atoms. The lowest BCUT2D eigenvalue weighted by Crippen LogP contribution is -2.44. The van der Waals surface area contributed by atoms with Crippen LogP contribution in [0, 0.1) is 19.8 Å². The van der Waals surface area contributed by atoms with E-state index in [-0.39, 0.29) is 11.7 Å². The Morgan fingerprint density at radius 3 is 2.30 bits per heavy atom. The highest BCUT2D eigenvalue weighted by Gasteiger charge is 2.26. The van der Waals surface area contributed by atoms with Gasteiger partial charge in [0.2, 0.25) is 10.0 Å². The Kier molecular flexibility index (Phi) is 5.30. The molecule has 1 aromatic rings. The van der Waals surface area contributed by atoms with Crippen molar-refractivity contribution < 1.29 is 18.3 Å². The second-order valence-electron chi connectivity index (χ2n) is 5.36. The van der Waals surface area contributed by atoms with E-state index in [0.29, 0.717) is 5.56 Å². The third-order valence-electron chi connectivity index (χ3n) is 3.17. The maximum Gasteiger partial charge on any atom is 0.321 e. The van der Waals surface area contributed by atoms with Crippen LogP contribution in [0.1, 0.15) is 30.5 Å². The Morgan fingerprint density at radius 1 is 1.25 bits per heavy atom. The predicted molar refractivity (Wildman–Crippen MR) is 77.9 cm³/mol. The van der Waals surface area contributed by atoms with Crippen LogP contribution in [0.15, 0.2) is 18.2 Å². The summed E-state index contributed by atoms with van der Waals surface area (Å²) in [5.74, 6) is -1.70. The second kappa shape index (κ2) is 6.37. The van der Waals surface area contributed by atoms with Gasteiger partial charge >= 0.3 is 5.97 Å². The number of carboxylic acids is 1. The maximum absolute atomic E-state index is 12.0. The first-order valence-corrected chi connectivity index (χ1v) is 8.06. The van der Waals surface area contributed by atoms with Gasteiger partial charge in [-0.1, -0.05) is 32.0 Å². The third-order valence-corrected chi connectivity index (χ3v) is 4.49. The van der Waals surface area contributed by atoms with Gasteiger partial charge in [0.25, 0.3) is 0 Å². The fourth-order valence-corrected chi connectivity index (χ4v) is 3.28. The molecular formula is C14H21NO4S. The van der Waals surface area contributed by atoms with Gasteiger partial charge in [-0.3, -0.25) is 4.79 Å². The zero-order chi connectivity index (χ0) is 15.5. The van der Waals surface area contributed by atoms with E-state index in [9.17, 15) is 13.2 Å². The van der Waals surface area contributed by atoms with E-state index in [0.717, 1.165) is 11.1 Å². The summed E-state index contributed by atoms with van der Waals surface area (Å²) >= 11 is 0. The van der Waals surface area contributed by atoms with Crippen molar-refractivity contribution in [3.63, 3.8) is 0 Å². The Morgan fingerprint density at radius 2 is 1.85 bits per heavy atom. The van der Waals surface area contributed by atoms with Crippen LogP contribution in [0.4, 0.5) is 0 Å². The molecule has 0 spiro atoms. The topological polar surface area (TPSA) is 83.5 Å². The molecule has 0 saturated heterocycles. The molecule has 112 valence electrons. The van der Waals surface area contributed by atoms with Crippen molar-refractivity contribution in [3.8, 4) is 0 Å². The molecule has 0 fully saturated rings. The van der Waals surface area contributed by atoms with Crippen molar-refractivity contribution in [2.45, 2.75) is 39.5 Å². The van der Waals surface area contributed by atoms with Gasteiger partial charge in [0, 0.05) is 0 Å². The molecule has 0 aliphatic heterocycles. The van der Waals surface area contributed by atoms with Crippen LogP contribution in [0.3, 0.4) is 0 Å². The number of sulfonamides is 1. The predicted octanol–water partition coefficient (Wildman–Crippen LogP) is 1.83. The summed E-state index contributed by atoms with van der Waals surface area (Å²) in [6, 6.07) is 4.30. The zero-order valence-corrected chi connectivity index (χ0v) is 13.0. The molecule has 0 aliphatic carbocycles. The maximum atomic E-state index is 12.0. The smallest absolute Gasteiger partial charge is 0.321 e. The molecule has 1 aromatic carbocycles. The van der Waals surface area contributed by atoms with Gasteiger partial charge < -0.3 is 5.11 Å². The fourth-order valence-electron chi connectivity index (χ4n) is 1.82. The number of aryl methyl sites for hydroxylation is 2. The van der Waals surface area contributed by atoms with E-state index >= 15 is 0 Å². The first kappa shape index (κ1) is 16.7. The van der Waals surface area contributed by atoms with Crippen molar-refractivity contribution in [2.75, 3.05) is 0 Å². The summed E-state index contributed by atoms with van der Waals surface area (Å²) in [5.41, 5.74) is 2.74. The highest BCUT2D eigenvalue weighted by Crippen LogP contribution is 2.13. The van der Waals surface area contributed by atoms with Gasteiger partial charge in [0.15, 0.2) is 0 Å². The summed E-state index contributed by atoms with van der Waals surface area (Å²) in [6.07, 6.45) is 0. The lowest BCUT2D eigenvalue weighted by atomic mass is 10.1. The van der Waals surface area contributed by atoms with Crippen LogP contribution in [-0.2, 0) is 20.6 Å². The van der Waals surface area contributed by atoms with Crippen LogP contribution >= 0.6 is 0 Å². The van der Waals surface area contributed by atoms with Crippen molar-refractivity contribution in [1.82, 2.24) is 4.72 Å². The van der Waals surface area contributed by atoms with Crippen molar-refractivity contribution >= 4 is 16.0 Å². The molecule has 0 heterocycles. The first-order chi connectivity index (χ1) is 9.12. The van der Waals surface area contributed by atoms with Crippen LogP contribution < -0.4 is 4.72 Å². The largest absolute Gasteiger partial charge is 0.480 e. The number of nitrogens with one attached hydrogen (secondary N) is 1. The summed E-state index contributed by atoms with van der Waals surface area (Å²) in [6.45, 7) is 7.19. The van der Waals surface area contributed by atoms with E-state index < -0.39 is 22.0 Å². The molecule has 20 heavy (non-hydrogen) atoms. The first-order valence-electron chi connectivity index (χ1n) is 6.41. The van der Waals surface area contributed by atoms with Crippen molar-refractivity contribution in [3.05, 3.63) is 34.9 Å². The number of benzene rings is 1. The monoisotopic (exact) mass is 299 g/mol. The Labute approximate surface area is 120 Å². The zero-order valence-electron chi connectivity index (χ0n) is 12.2. The number of carboxylic acid groups (broad SMARTS) is 1. The summed E-state index contributed by atoms with van der Waals surface area (Å²) < 4.78 is 26.3. The van der Waals surface area contributed by atoms with Gasteiger partial charge in [-0.2, -0.15) is 0 Å². The van der Waals surface area contributed by atoms with Crippen molar-refractivity contribution in [2.24, 2.45) is 5.92 Å². The minimum atomic E-state index is -3.68. The lowest BCUT2D eigenvalue weighted by Gasteiger charge is -2.18. The molecule has 5 nitrogen and oxygen atoms in total. The Balaban J connectivity index is 2.89. The quantitative estimate of drug-likeness (QED) is 0.839. The second-order valence-corrected chi connectivity index (χ2v) is 7.11. The average molecular weight is 299 g/mol.